The molecule has 1 saturated carbocycles. The predicted molar refractivity (Wildman–Crippen MR) is 73.8 cm³/mol. The van der Waals surface area contributed by atoms with Crippen LogP contribution in [0.15, 0.2) is 42.7 Å². The zero-order valence-electron chi connectivity index (χ0n) is 11.0. The number of carbonyl (C=O) groups excluding carboxylic acids is 1. The summed E-state index contributed by atoms with van der Waals surface area (Å²) in [7, 11) is 1.84. The van der Waals surface area contributed by atoms with Gasteiger partial charge in [-0.1, -0.05) is 36.8 Å². The Morgan fingerprint density at radius 1 is 1.32 bits per heavy atom. The largest absolute Gasteiger partial charge is 0.323 e. The number of amides is 1. The molecular formula is C15H17N3O. The fourth-order valence-corrected chi connectivity index (χ4v) is 2.67. The van der Waals surface area contributed by atoms with Crippen molar-refractivity contribution in [2.75, 3.05) is 5.32 Å². The van der Waals surface area contributed by atoms with Gasteiger partial charge in [0, 0.05) is 13.2 Å². The Hall–Kier alpha value is -2.10. The molecule has 4 nitrogen and oxygen atoms in total. The van der Waals surface area contributed by atoms with Gasteiger partial charge in [-0.05, 0) is 18.4 Å². The van der Waals surface area contributed by atoms with Crippen molar-refractivity contribution in [3.05, 3.63) is 48.3 Å². The Kier molecular flexibility index (Phi) is 2.85. The van der Waals surface area contributed by atoms with Gasteiger partial charge in [0.2, 0.25) is 5.91 Å². The summed E-state index contributed by atoms with van der Waals surface area (Å²) in [5.74, 6) is 0.0814. The molecule has 0 radical (unpaired) electrons. The molecule has 0 unspecified atom stereocenters. The van der Waals surface area contributed by atoms with E-state index < -0.39 is 0 Å². The molecule has 1 aliphatic rings. The van der Waals surface area contributed by atoms with Gasteiger partial charge in [0.05, 0.1) is 17.3 Å². The van der Waals surface area contributed by atoms with Crippen LogP contribution >= 0.6 is 0 Å². The highest BCUT2D eigenvalue weighted by Gasteiger charge is 2.45. The highest BCUT2D eigenvalue weighted by molar-refractivity contribution is 5.99. The minimum absolute atomic E-state index is 0.0814. The third-order valence-corrected chi connectivity index (χ3v) is 3.93. The molecule has 0 atom stereocenters. The van der Waals surface area contributed by atoms with E-state index in [1.165, 1.54) is 0 Å². The standard InChI is InChI=1S/C15H17N3O/c1-18-11-13(10-16-18)17-14(19)15(8-5-9-15)12-6-3-2-4-7-12/h2-4,6-7,10-11H,5,8-9H2,1H3,(H,17,19). The van der Waals surface area contributed by atoms with Crippen LogP contribution < -0.4 is 5.32 Å². The first-order chi connectivity index (χ1) is 9.21. The Balaban J connectivity index is 1.84. The number of aromatic nitrogens is 2. The van der Waals surface area contributed by atoms with E-state index in [1.54, 1.807) is 10.9 Å². The van der Waals surface area contributed by atoms with E-state index >= 15 is 0 Å². The molecule has 19 heavy (non-hydrogen) atoms. The molecule has 0 saturated heterocycles. The van der Waals surface area contributed by atoms with Crippen molar-refractivity contribution in [2.45, 2.75) is 24.7 Å². The highest BCUT2D eigenvalue weighted by atomic mass is 16.2. The molecule has 1 fully saturated rings. The molecule has 1 aromatic carbocycles. The van der Waals surface area contributed by atoms with Gasteiger partial charge in [0.1, 0.15) is 0 Å². The van der Waals surface area contributed by atoms with Crippen LogP contribution in [0.1, 0.15) is 24.8 Å². The molecule has 4 heteroatoms. The van der Waals surface area contributed by atoms with Crippen LogP contribution in [0.5, 0.6) is 0 Å². The number of benzene rings is 1. The van der Waals surface area contributed by atoms with Crippen molar-refractivity contribution in [3.63, 3.8) is 0 Å². The van der Waals surface area contributed by atoms with Gasteiger partial charge in [-0.25, -0.2) is 0 Å². The number of nitrogens with zero attached hydrogens (tertiary/aromatic N) is 2. The summed E-state index contributed by atoms with van der Waals surface area (Å²) in [5.41, 5.74) is 1.52. The number of hydrogen-bond acceptors (Lipinski definition) is 2. The molecule has 1 heterocycles. The van der Waals surface area contributed by atoms with E-state index in [0.717, 1.165) is 30.5 Å². The van der Waals surface area contributed by atoms with Crippen LogP contribution in [0.2, 0.25) is 0 Å². The van der Waals surface area contributed by atoms with E-state index in [-0.39, 0.29) is 11.3 Å². The van der Waals surface area contributed by atoms with Gasteiger partial charge in [-0.3, -0.25) is 9.48 Å². The molecule has 0 bridgehead atoms. The van der Waals surface area contributed by atoms with Crippen LogP contribution in [0, 0.1) is 0 Å². The van der Waals surface area contributed by atoms with E-state index in [0.29, 0.717) is 0 Å². The Morgan fingerprint density at radius 2 is 2.05 bits per heavy atom. The maximum Gasteiger partial charge on any atom is 0.235 e. The molecule has 1 aliphatic carbocycles. The van der Waals surface area contributed by atoms with Gasteiger partial charge >= 0.3 is 0 Å². The molecule has 1 amide bonds. The fourth-order valence-electron chi connectivity index (χ4n) is 2.67. The lowest BCUT2D eigenvalue weighted by molar-refractivity contribution is -0.124. The first-order valence-electron chi connectivity index (χ1n) is 6.56. The van der Waals surface area contributed by atoms with Crippen molar-refractivity contribution in [1.29, 1.82) is 0 Å². The van der Waals surface area contributed by atoms with E-state index in [4.69, 9.17) is 0 Å². The van der Waals surface area contributed by atoms with Crippen LogP contribution in [-0.4, -0.2) is 15.7 Å². The monoisotopic (exact) mass is 255 g/mol. The zero-order chi connectivity index (χ0) is 13.3. The number of carbonyl (C=O) groups is 1. The van der Waals surface area contributed by atoms with Crippen molar-refractivity contribution in [2.24, 2.45) is 7.05 Å². The second-order valence-electron chi connectivity index (χ2n) is 5.16. The van der Waals surface area contributed by atoms with Crippen molar-refractivity contribution in [3.8, 4) is 0 Å². The third kappa shape index (κ3) is 2.03. The average molecular weight is 255 g/mol. The van der Waals surface area contributed by atoms with Gasteiger partial charge in [0.15, 0.2) is 0 Å². The molecule has 3 rings (SSSR count). The molecular weight excluding hydrogens is 238 g/mol. The first-order valence-corrected chi connectivity index (χ1v) is 6.56. The Bertz CT molecular complexity index is 584. The normalized spacial score (nSPS) is 16.7. The summed E-state index contributed by atoms with van der Waals surface area (Å²) in [6.07, 6.45) is 6.44. The van der Waals surface area contributed by atoms with Crippen molar-refractivity contribution >= 4 is 11.6 Å². The van der Waals surface area contributed by atoms with Crippen LogP contribution in [0.25, 0.3) is 0 Å². The van der Waals surface area contributed by atoms with E-state index in [1.807, 2.05) is 43.6 Å². The molecule has 1 N–H and O–H groups in total. The molecule has 98 valence electrons. The SMILES string of the molecule is Cn1cc(NC(=O)C2(c3ccccc3)CCC2)cn1. The Morgan fingerprint density at radius 3 is 2.58 bits per heavy atom. The highest BCUT2D eigenvalue weighted by Crippen LogP contribution is 2.44. The number of hydrogen-bond donors (Lipinski definition) is 1. The fraction of sp³-hybridized carbons (Fsp3) is 0.333. The van der Waals surface area contributed by atoms with Gasteiger partial charge in [-0.2, -0.15) is 5.10 Å². The lowest BCUT2D eigenvalue weighted by Gasteiger charge is -2.40. The summed E-state index contributed by atoms with van der Waals surface area (Å²) in [6, 6.07) is 10.1. The van der Waals surface area contributed by atoms with Crippen molar-refractivity contribution in [1.82, 2.24) is 9.78 Å². The topological polar surface area (TPSA) is 46.9 Å². The predicted octanol–water partition coefficient (Wildman–Crippen LogP) is 2.48. The van der Waals surface area contributed by atoms with Gasteiger partial charge < -0.3 is 5.32 Å². The second kappa shape index (κ2) is 4.53. The maximum absolute atomic E-state index is 12.6. The lowest BCUT2D eigenvalue weighted by atomic mass is 9.64. The summed E-state index contributed by atoms with van der Waals surface area (Å²) < 4.78 is 1.69. The van der Waals surface area contributed by atoms with Gasteiger partial charge in [-0.15, -0.1) is 0 Å². The molecule has 2 aromatic rings. The summed E-state index contributed by atoms with van der Waals surface area (Å²) in [4.78, 5) is 12.6. The average Bonchev–Trinajstić information content (AvgIpc) is 2.75. The van der Waals surface area contributed by atoms with Crippen LogP contribution in [0.3, 0.4) is 0 Å². The lowest BCUT2D eigenvalue weighted by Crippen LogP contribution is -2.45. The smallest absolute Gasteiger partial charge is 0.235 e. The quantitative estimate of drug-likeness (QED) is 0.916. The van der Waals surface area contributed by atoms with Gasteiger partial charge in [0.25, 0.3) is 0 Å². The minimum atomic E-state index is -0.350. The molecule has 1 aromatic heterocycles. The number of nitrogens with one attached hydrogen (secondary N) is 1. The van der Waals surface area contributed by atoms with E-state index in [9.17, 15) is 4.79 Å². The number of aryl methyl sites for hydroxylation is 1. The molecule has 0 aliphatic heterocycles. The second-order valence-corrected chi connectivity index (χ2v) is 5.16. The zero-order valence-corrected chi connectivity index (χ0v) is 11.0. The maximum atomic E-state index is 12.6. The summed E-state index contributed by atoms with van der Waals surface area (Å²) in [6.45, 7) is 0. The Labute approximate surface area is 112 Å². The molecule has 0 spiro atoms. The van der Waals surface area contributed by atoms with Crippen LogP contribution in [0.4, 0.5) is 5.69 Å². The first kappa shape index (κ1) is 12.0. The van der Waals surface area contributed by atoms with Crippen LogP contribution in [-0.2, 0) is 17.3 Å². The third-order valence-electron chi connectivity index (χ3n) is 3.93. The van der Waals surface area contributed by atoms with E-state index in [2.05, 4.69) is 10.4 Å². The number of rotatable bonds is 3. The number of anilines is 1. The summed E-state index contributed by atoms with van der Waals surface area (Å²) in [5, 5.41) is 7.05. The summed E-state index contributed by atoms with van der Waals surface area (Å²) >= 11 is 0. The van der Waals surface area contributed by atoms with Crippen molar-refractivity contribution < 1.29 is 4.79 Å². The minimum Gasteiger partial charge on any atom is -0.323 e.